The molecule has 6 nitrogen and oxygen atoms in total. The van der Waals surface area contributed by atoms with Crippen LogP contribution in [0, 0.1) is 11.7 Å². The lowest BCUT2D eigenvalue weighted by atomic mass is 9.77. The quantitative estimate of drug-likeness (QED) is 0.792. The van der Waals surface area contributed by atoms with Crippen molar-refractivity contribution in [2.24, 2.45) is 5.92 Å². The minimum Gasteiger partial charge on any atom is -0.496 e. The van der Waals surface area contributed by atoms with E-state index in [0.717, 1.165) is 12.8 Å². The van der Waals surface area contributed by atoms with Crippen molar-refractivity contribution in [1.82, 2.24) is 10.3 Å². The summed E-state index contributed by atoms with van der Waals surface area (Å²) in [6, 6.07) is 4.21. The van der Waals surface area contributed by atoms with Gasteiger partial charge < -0.3 is 20.1 Å². The van der Waals surface area contributed by atoms with Crippen LogP contribution in [-0.2, 0) is 4.79 Å². The monoisotopic (exact) mass is 348 g/mol. The lowest BCUT2D eigenvalue weighted by Crippen LogP contribution is -2.56. The second-order valence-corrected chi connectivity index (χ2v) is 6.75. The van der Waals surface area contributed by atoms with Crippen LogP contribution in [0.3, 0.4) is 0 Å². The number of carbonyl (C=O) groups excluding carboxylic acids is 1. The fourth-order valence-electron chi connectivity index (χ4n) is 3.39. The number of hydrogen-bond acceptors (Lipinski definition) is 3. The molecule has 1 aliphatic rings. The van der Waals surface area contributed by atoms with Gasteiger partial charge in [0, 0.05) is 5.39 Å². The molecule has 0 radical (unpaired) electrons. The summed E-state index contributed by atoms with van der Waals surface area (Å²) in [7, 11) is 1.46. The lowest BCUT2D eigenvalue weighted by molar-refractivity contribution is -0.146. The number of aromatic nitrogens is 1. The maximum atomic E-state index is 14.0. The molecule has 0 aliphatic heterocycles. The van der Waals surface area contributed by atoms with Crippen LogP contribution < -0.4 is 10.1 Å². The normalized spacial score (nSPS) is 23.4. The molecule has 0 spiro atoms. The molecule has 1 aromatic carbocycles. The van der Waals surface area contributed by atoms with Gasteiger partial charge in [-0.1, -0.05) is 6.92 Å². The highest BCUT2D eigenvalue weighted by Crippen LogP contribution is 2.33. The third-order valence-electron chi connectivity index (χ3n) is 5.06. The van der Waals surface area contributed by atoms with Gasteiger partial charge in [0.05, 0.1) is 12.6 Å². The number of fused-ring (bicyclic) bond motifs is 1. The molecule has 3 N–H and O–H groups in total. The molecule has 25 heavy (non-hydrogen) atoms. The summed E-state index contributed by atoms with van der Waals surface area (Å²) in [5.41, 5.74) is -1.01. The molecular formula is C18H21FN2O4. The van der Waals surface area contributed by atoms with E-state index in [1.807, 2.05) is 0 Å². The largest absolute Gasteiger partial charge is 0.496 e. The molecule has 0 atom stereocenters. The fourth-order valence-corrected chi connectivity index (χ4v) is 3.39. The molecule has 1 amide bonds. The SMILES string of the molecule is COc1ccc(F)c2[nH]c(C(=O)NC3(C(=O)O)CCC(C)CC3)cc12. The molecule has 1 aliphatic carbocycles. The highest BCUT2D eigenvalue weighted by Gasteiger charge is 2.42. The third kappa shape index (κ3) is 3.06. The number of ether oxygens (including phenoxy) is 1. The molecule has 0 saturated heterocycles. The number of aliphatic carboxylic acids is 1. The van der Waals surface area contributed by atoms with Crippen LogP contribution in [0.4, 0.5) is 4.39 Å². The number of nitrogens with one attached hydrogen (secondary N) is 2. The highest BCUT2D eigenvalue weighted by atomic mass is 19.1. The van der Waals surface area contributed by atoms with Crippen molar-refractivity contribution in [1.29, 1.82) is 0 Å². The Balaban J connectivity index is 1.91. The molecule has 1 heterocycles. The summed E-state index contributed by atoms with van der Waals surface area (Å²) in [5, 5.41) is 12.7. The molecular weight excluding hydrogens is 327 g/mol. The maximum Gasteiger partial charge on any atom is 0.329 e. The first-order valence-electron chi connectivity index (χ1n) is 8.27. The summed E-state index contributed by atoms with van der Waals surface area (Å²) in [6.45, 7) is 2.07. The van der Waals surface area contributed by atoms with Gasteiger partial charge in [0.2, 0.25) is 0 Å². The van der Waals surface area contributed by atoms with E-state index in [0.29, 0.717) is 29.9 Å². The van der Waals surface area contributed by atoms with Crippen LogP contribution in [0.25, 0.3) is 10.9 Å². The Morgan fingerprint density at radius 3 is 2.64 bits per heavy atom. The van der Waals surface area contributed by atoms with Crippen molar-refractivity contribution in [2.45, 2.75) is 38.1 Å². The van der Waals surface area contributed by atoms with Crippen molar-refractivity contribution in [3.8, 4) is 5.75 Å². The Bertz CT molecular complexity index is 822. The molecule has 2 aromatic rings. The van der Waals surface area contributed by atoms with E-state index in [1.165, 1.54) is 25.3 Å². The molecule has 134 valence electrons. The van der Waals surface area contributed by atoms with Gasteiger partial charge in [0.15, 0.2) is 0 Å². The molecule has 0 unspecified atom stereocenters. The van der Waals surface area contributed by atoms with Gasteiger partial charge >= 0.3 is 5.97 Å². The van der Waals surface area contributed by atoms with Crippen LogP contribution in [0.15, 0.2) is 18.2 Å². The number of rotatable bonds is 4. The highest BCUT2D eigenvalue weighted by molar-refractivity contribution is 6.01. The zero-order valence-electron chi connectivity index (χ0n) is 14.2. The third-order valence-corrected chi connectivity index (χ3v) is 5.06. The Kier molecular flexibility index (Phi) is 4.41. The van der Waals surface area contributed by atoms with Gasteiger partial charge in [-0.3, -0.25) is 4.79 Å². The van der Waals surface area contributed by atoms with E-state index < -0.39 is 23.2 Å². The number of halogens is 1. The molecule has 3 rings (SSSR count). The minimum atomic E-state index is -1.27. The van der Waals surface area contributed by atoms with Crippen molar-refractivity contribution >= 4 is 22.8 Å². The summed E-state index contributed by atoms with van der Waals surface area (Å²) < 4.78 is 19.2. The van der Waals surface area contributed by atoms with E-state index in [2.05, 4.69) is 17.2 Å². The zero-order chi connectivity index (χ0) is 18.2. The van der Waals surface area contributed by atoms with Gasteiger partial charge in [0.1, 0.15) is 22.8 Å². The Labute approximate surface area is 144 Å². The minimum absolute atomic E-state index is 0.109. The van der Waals surface area contributed by atoms with Gasteiger partial charge in [-0.25, -0.2) is 9.18 Å². The predicted molar refractivity (Wildman–Crippen MR) is 90.3 cm³/mol. The number of carboxylic acid groups (broad SMARTS) is 1. The maximum absolute atomic E-state index is 14.0. The van der Waals surface area contributed by atoms with E-state index in [9.17, 15) is 19.1 Å². The van der Waals surface area contributed by atoms with Crippen LogP contribution in [0.5, 0.6) is 5.75 Å². The Hall–Kier alpha value is -2.57. The van der Waals surface area contributed by atoms with E-state index in [1.54, 1.807) is 0 Å². The van der Waals surface area contributed by atoms with Gasteiger partial charge in [-0.2, -0.15) is 0 Å². The number of methoxy groups -OCH3 is 1. The second kappa shape index (κ2) is 6.38. The number of aromatic amines is 1. The van der Waals surface area contributed by atoms with E-state index in [-0.39, 0.29) is 11.2 Å². The summed E-state index contributed by atoms with van der Waals surface area (Å²) in [6.07, 6.45) is 2.24. The molecule has 1 saturated carbocycles. The number of benzene rings is 1. The molecule has 1 fully saturated rings. The lowest BCUT2D eigenvalue weighted by Gasteiger charge is -2.36. The smallest absolute Gasteiger partial charge is 0.329 e. The van der Waals surface area contributed by atoms with Gasteiger partial charge in [0.25, 0.3) is 5.91 Å². The van der Waals surface area contributed by atoms with Crippen LogP contribution >= 0.6 is 0 Å². The number of hydrogen-bond donors (Lipinski definition) is 3. The first-order chi connectivity index (χ1) is 11.9. The second-order valence-electron chi connectivity index (χ2n) is 6.75. The summed E-state index contributed by atoms with van der Waals surface area (Å²) >= 11 is 0. The average Bonchev–Trinajstić information content (AvgIpc) is 3.04. The number of carboxylic acids is 1. The van der Waals surface area contributed by atoms with E-state index in [4.69, 9.17) is 4.74 Å². The fraction of sp³-hybridized carbons (Fsp3) is 0.444. The number of H-pyrrole nitrogens is 1. The van der Waals surface area contributed by atoms with Crippen molar-refractivity contribution in [3.63, 3.8) is 0 Å². The molecule has 0 bridgehead atoms. The van der Waals surface area contributed by atoms with Crippen molar-refractivity contribution < 1.29 is 23.8 Å². The first kappa shape index (κ1) is 17.3. The summed E-state index contributed by atoms with van der Waals surface area (Å²) in [5.74, 6) is -1.22. The van der Waals surface area contributed by atoms with E-state index >= 15 is 0 Å². The standard InChI is InChI=1S/C18H21FN2O4/c1-10-5-7-18(8-6-10,17(23)24)21-16(22)13-9-11-14(25-2)4-3-12(19)15(11)20-13/h3-4,9-10,20H,5-8H2,1-2H3,(H,21,22)(H,23,24). The Morgan fingerprint density at radius 1 is 1.36 bits per heavy atom. The zero-order valence-corrected chi connectivity index (χ0v) is 14.2. The van der Waals surface area contributed by atoms with Gasteiger partial charge in [-0.15, -0.1) is 0 Å². The average molecular weight is 348 g/mol. The summed E-state index contributed by atoms with van der Waals surface area (Å²) in [4.78, 5) is 27.1. The Morgan fingerprint density at radius 2 is 2.04 bits per heavy atom. The van der Waals surface area contributed by atoms with Crippen molar-refractivity contribution in [3.05, 3.63) is 29.7 Å². The van der Waals surface area contributed by atoms with Gasteiger partial charge in [-0.05, 0) is 49.8 Å². The number of carbonyl (C=O) groups is 2. The molecule has 7 heteroatoms. The number of amides is 1. The van der Waals surface area contributed by atoms with Crippen LogP contribution in [0.2, 0.25) is 0 Å². The van der Waals surface area contributed by atoms with Crippen molar-refractivity contribution in [2.75, 3.05) is 7.11 Å². The van der Waals surface area contributed by atoms with Crippen LogP contribution in [0.1, 0.15) is 43.1 Å². The van der Waals surface area contributed by atoms with Crippen LogP contribution in [-0.4, -0.2) is 34.6 Å². The first-order valence-corrected chi connectivity index (χ1v) is 8.27. The molecule has 1 aromatic heterocycles. The topological polar surface area (TPSA) is 91.4 Å². The predicted octanol–water partition coefficient (Wildman–Crippen LogP) is 3.08.